The van der Waals surface area contributed by atoms with Crippen molar-refractivity contribution < 1.29 is 14.1 Å². The van der Waals surface area contributed by atoms with Crippen molar-refractivity contribution in [3.8, 4) is 0 Å². The van der Waals surface area contributed by atoms with Gasteiger partial charge in [-0.25, -0.2) is 4.79 Å². The van der Waals surface area contributed by atoms with Gasteiger partial charge in [0.2, 0.25) is 5.75 Å². The Hall–Kier alpha value is -1.53. The zero-order valence-corrected chi connectivity index (χ0v) is 10.4. The number of hydrogen-bond acceptors (Lipinski definition) is 4. The molecule has 2 aromatic rings. The van der Waals surface area contributed by atoms with Gasteiger partial charge >= 0.3 is 11.1 Å². The minimum absolute atomic E-state index is 0.173. The van der Waals surface area contributed by atoms with Crippen molar-refractivity contribution in [2.75, 3.05) is 12.9 Å². The fourth-order valence-electron chi connectivity index (χ4n) is 1.56. The van der Waals surface area contributed by atoms with Crippen molar-refractivity contribution in [2.24, 2.45) is 7.05 Å². The van der Waals surface area contributed by atoms with E-state index < -0.39 is 17.1 Å². The van der Waals surface area contributed by atoms with E-state index >= 15 is 0 Å². The van der Waals surface area contributed by atoms with E-state index in [0.29, 0.717) is 5.16 Å². The van der Waals surface area contributed by atoms with E-state index in [1.165, 1.54) is 7.11 Å². The first-order valence-corrected chi connectivity index (χ1v) is 6.32. The number of rotatable bonds is 3. The van der Waals surface area contributed by atoms with Gasteiger partial charge in [-0.2, -0.15) is 4.98 Å². The number of aryl methyl sites for hydroxylation is 1. The summed E-state index contributed by atoms with van der Waals surface area (Å²) in [5.74, 6) is -0.677. The molecule has 90 valence electrons. The molecule has 0 aliphatic rings. The van der Waals surface area contributed by atoms with E-state index in [1.54, 1.807) is 11.6 Å². The highest BCUT2D eigenvalue weighted by atomic mass is 32.2. The van der Waals surface area contributed by atoms with Crippen molar-refractivity contribution in [1.29, 1.82) is 0 Å². The second-order valence-electron chi connectivity index (χ2n) is 3.51. The molecule has 2 rings (SSSR count). The van der Waals surface area contributed by atoms with Crippen molar-refractivity contribution in [3.63, 3.8) is 0 Å². The van der Waals surface area contributed by atoms with Crippen LogP contribution in [0.25, 0.3) is 11.0 Å². The van der Waals surface area contributed by atoms with Crippen LogP contribution in [-0.4, -0.2) is 32.9 Å². The monoisotopic (exact) mass is 252 g/mol. The molecule has 0 bridgehead atoms. The van der Waals surface area contributed by atoms with Crippen LogP contribution in [0.1, 0.15) is 0 Å². The number of fused-ring (bicyclic) bond motifs is 1. The van der Waals surface area contributed by atoms with E-state index in [-0.39, 0.29) is 5.75 Å². The fraction of sp³-hybridized carbons (Fsp3) is 0.273. The van der Waals surface area contributed by atoms with Crippen molar-refractivity contribution in [1.82, 2.24) is 9.55 Å². The molecule has 17 heavy (non-hydrogen) atoms. The van der Waals surface area contributed by atoms with Crippen molar-refractivity contribution in [3.05, 3.63) is 24.3 Å². The first-order chi connectivity index (χ1) is 8.13. The summed E-state index contributed by atoms with van der Waals surface area (Å²) in [7, 11) is 3.05. The Balaban J connectivity index is 2.35. The Bertz CT molecular complexity index is 553. The van der Waals surface area contributed by atoms with Gasteiger partial charge in [0.15, 0.2) is 0 Å². The van der Waals surface area contributed by atoms with Gasteiger partial charge < -0.3 is 9.29 Å². The molecule has 0 aliphatic heterocycles. The number of nitrogens with zero attached hydrogens (tertiary/aromatic N) is 2. The van der Waals surface area contributed by atoms with Gasteiger partial charge in [0, 0.05) is 18.2 Å². The zero-order valence-electron chi connectivity index (χ0n) is 9.54. The topological polar surface area (TPSA) is 67.2 Å². The summed E-state index contributed by atoms with van der Waals surface area (Å²) in [5.41, 5.74) is 1.66. The van der Waals surface area contributed by atoms with Gasteiger partial charge in [-0.1, -0.05) is 12.1 Å². The number of methoxy groups -OCH3 is 1. The van der Waals surface area contributed by atoms with Crippen LogP contribution in [0.2, 0.25) is 0 Å². The maximum absolute atomic E-state index is 11.9. The second-order valence-corrected chi connectivity index (χ2v) is 4.85. The maximum atomic E-state index is 11.9. The molecule has 1 atom stereocenters. The minimum Gasteiger partial charge on any atom is -0.609 e. The van der Waals surface area contributed by atoms with E-state index in [1.807, 2.05) is 24.3 Å². The average Bonchev–Trinajstić information content (AvgIpc) is 2.67. The Morgan fingerprint density at radius 3 is 2.88 bits per heavy atom. The quantitative estimate of drug-likeness (QED) is 0.600. The van der Waals surface area contributed by atoms with Gasteiger partial charge in [0.25, 0.3) is 0 Å². The summed E-state index contributed by atoms with van der Waals surface area (Å²) in [6, 6.07) is 7.48. The fourth-order valence-corrected chi connectivity index (χ4v) is 2.62. The molecule has 0 saturated heterocycles. The van der Waals surface area contributed by atoms with Crippen LogP contribution in [0.15, 0.2) is 29.4 Å². The molecule has 0 amide bonds. The van der Waals surface area contributed by atoms with E-state index in [0.717, 1.165) is 11.0 Å². The molecule has 6 heteroatoms. The first kappa shape index (κ1) is 11.9. The molecule has 1 aromatic heterocycles. The molecule has 0 fully saturated rings. The van der Waals surface area contributed by atoms with Crippen LogP contribution in [0, 0.1) is 0 Å². The Labute approximate surface area is 102 Å². The number of esters is 1. The van der Waals surface area contributed by atoms with Crippen molar-refractivity contribution >= 4 is 28.2 Å². The number of hydrogen-bond donors (Lipinski definition) is 0. The van der Waals surface area contributed by atoms with E-state index in [2.05, 4.69) is 9.72 Å². The third kappa shape index (κ3) is 2.27. The van der Waals surface area contributed by atoms with E-state index in [4.69, 9.17) is 0 Å². The Morgan fingerprint density at radius 2 is 2.24 bits per heavy atom. The van der Waals surface area contributed by atoms with Crippen LogP contribution in [0.3, 0.4) is 0 Å². The molecular weight excluding hydrogens is 240 g/mol. The third-order valence-electron chi connectivity index (χ3n) is 2.43. The van der Waals surface area contributed by atoms with Crippen molar-refractivity contribution in [2.45, 2.75) is 5.16 Å². The zero-order chi connectivity index (χ0) is 12.4. The summed E-state index contributed by atoms with van der Waals surface area (Å²) >= 11 is -1.48. The molecule has 0 N–H and O–H groups in total. The predicted molar refractivity (Wildman–Crippen MR) is 64.0 cm³/mol. The SMILES string of the molecule is COC(=O)C[S+]([O-])c1nc2ccccc2n1C. The molecule has 0 aliphatic carbocycles. The maximum Gasteiger partial charge on any atom is 0.356 e. The largest absolute Gasteiger partial charge is 0.609 e. The molecule has 0 saturated carbocycles. The van der Waals surface area contributed by atoms with Crippen LogP contribution < -0.4 is 0 Å². The lowest BCUT2D eigenvalue weighted by molar-refractivity contribution is -0.137. The Kier molecular flexibility index (Phi) is 3.35. The van der Waals surface area contributed by atoms with E-state index in [9.17, 15) is 9.35 Å². The highest BCUT2D eigenvalue weighted by Gasteiger charge is 2.23. The standard InChI is InChI=1S/C11H12N2O3S/c1-13-9-6-4-3-5-8(9)12-11(13)17(15)7-10(14)16-2/h3-6H,7H2,1-2H3. The molecular formula is C11H12N2O3S. The first-order valence-electron chi connectivity index (χ1n) is 5.00. The number of benzene rings is 1. The van der Waals surface area contributed by atoms with Gasteiger partial charge in [-0.3, -0.25) is 4.57 Å². The number of imidazole rings is 1. The number of aromatic nitrogens is 2. The van der Waals surface area contributed by atoms with Gasteiger partial charge in [0.05, 0.1) is 18.1 Å². The second kappa shape index (κ2) is 4.77. The van der Waals surface area contributed by atoms with Gasteiger partial charge in [0.1, 0.15) is 0 Å². The van der Waals surface area contributed by atoms with Gasteiger partial charge in [-0.05, 0) is 12.1 Å². The number of ether oxygens (including phenoxy) is 1. The summed E-state index contributed by atoms with van der Waals surface area (Å²) < 4.78 is 18.1. The molecule has 5 nitrogen and oxygen atoms in total. The lowest BCUT2D eigenvalue weighted by atomic mass is 10.3. The minimum atomic E-state index is -1.48. The number of carbonyl (C=O) groups excluding carboxylic acids is 1. The summed E-state index contributed by atoms with van der Waals surface area (Å²) in [5, 5.41) is 0.386. The Morgan fingerprint density at radius 1 is 1.53 bits per heavy atom. The molecule has 1 unspecified atom stereocenters. The number of carbonyl (C=O) groups is 1. The lowest BCUT2D eigenvalue weighted by Gasteiger charge is -2.07. The lowest BCUT2D eigenvalue weighted by Crippen LogP contribution is -2.20. The summed E-state index contributed by atoms with van der Waals surface area (Å²) in [6.45, 7) is 0. The molecule has 1 heterocycles. The molecule has 0 radical (unpaired) electrons. The van der Waals surface area contributed by atoms with Crippen LogP contribution in [0.5, 0.6) is 0 Å². The van der Waals surface area contributed by atoms with Crippen LogP contribution in [0.4, 0.5) is 0 Å². The third-order valence-corrected chi connectivity index (χ3v) is 3.70. The molecule has 0 spiro atoms. The normalized spacial score (nSPS) is 12.6. The smallest absolute Gasteiger partial charge is 0.356 e. The predicted octanol–water partition coefficient (Wildman–Crippen LogP) is 0.854. The highest BCUT2D eigenvalue weighted by Crippen LogP contribution is 2.18. The number of para-hydroxylation sites is 2. The highest BCUT2D eigenvalue weighted by molar-refractivity contribution is 7.91. The van der Waals surface area contributed by atoms with Crippen LogP contribution >= 0.6 is 0 Å². The molecule has 1 aromatic carbocycles. The summed E-state index contributed by atoms with van der Waals surface area (Å²) in [6.07, 6.45) is 0. The van der Waals surface area contributed by atoms with Gasteiger partial charge in [-0.15, -0.1) is 0 Å². The average molecular weight is 252 g/mol. The van der Waals surface area contributed by atoms with Crippen LogP contribution in [-0.2, 0) is 27.8 Å². The summed E-state index contributed by atoms with van der Waals surface area (Å²) in [4.78, 5) is 15.3.